The normalized spacial score (nSPS) is 16.0. The first-order chi connectivity index (χ1) is 11.3. The maximum Gasteiger partial charge on any atom is 0.315 e. The fourth-order valence-electron chi connectivity index (χ4n) is 2.58. The van der Waals surface area contributed by atoms with E-state index in [-0.39, 0.29) is 31.0 Å². The molecular weight excluding hydrogens is 335 g/mol. The van der Waals surface area contributed by atoms with Gasteiger partial charge in [0.1, 0.15) is 5.82 Å². The van der Waals surface area contributed by atoms with Crippen molar-refractivity contribution in [3.8, 4) is 0 Å². The van der Waals surface area contributed by atoms with Gasteiger partial charge in [0, 0.05) is 37.9 Å². The van der Waals surface area contributed by atoms with Crippen LogP contribution in [0.15, 0.2) is 24.3 Å². The summed E-state index contributed by atoms with van der Waals surface area (Å²) >= 11 is 0. The third kappa shape index (κ3) is 6.32. The number of anilines is 1. The van der Waals surface area contributed by atoms with Gasteiger partial charge < -0.3 is 15.5 Å². The second-order valence-electron chi connectivity index (χ2n) is 5.80. The van der Waals surface area contributed by atoms with Gasteiger partial charge in [-0.2, -0.15) is 0 Å². The average molecular weight is 358 g/mol. The van der Waals surface area contributed by atoms with Gasteiger partial charge in [-0.3, -0.25) is 0 Å². The predicted octanol–water partition coefficient (Wildman–Crippen LogP) is 0.643. The molecule has 1 saturated heterocycles. The molecule has 0 bridgehead atoms. The van der Waals surface area contributed by atoms with E-state index in [1.165, 1.54) is 12.1 Å². The van der Waals surface area contributed by atoms with Crippen LogP contribution in [0.25, 0.3) is 0 Å². The highest BCUT2D eigenvalue weighted by Crippen LogP contribution is 2.20. The number of amides is 2. The van der Waals surface area contributed by atoms with Gasteiger partial charge in [-0.05, 0) is 37.1 Å². The van der Waals surface area contributed by atoms with E-state index in [4.69, 9.17) is 0 Å². The molecule has 1 fully saturated rings. The molecule has 2 amide bonds. The lowest BCUT2D eigenvalue weighted by molar-refractivity contribution is 0.234. The highest BCUT2D eigenvalue weighted by Gasteiger charge is 2.20. The smallest absolute Gasteiger partial charge is 0.315 e. The molecule has 0 aliphatic carbocycles. The number of carbonyl (C=O) groups is 1. The standard InChI is InChI=1S/C15H23FN4O3S/c1-24(22,23)18-9-8-17-15(21)19-13-6-10-20(11-7-13)14-4-2-12(16)3-5-14/h2-5,13,18H,6-11H2,1H3,(H2,17,19,21). The van der Waals surface area contributed by atoms with E-state index in [1.807, 2.05) is 0 Å². The van der Waals surface area contributed by atoms with Crippen LogP contribution in [0.3, 0.4) is 0 Å². The van der Waals surface area contributed by atoms with Crippen molar-refractivity contribution in [2.24, 2.45) is 0 Å². The summed E-state index contributed by atoms with van der Waals surface area (Å²) in [5.41, 5.74) is 0.978. The molecule has 1 aliphatic heterocycles. The summed E-state index contributed by atoms with van der Waals surface area (Å²) in [4.78, 5) is 13.9. The molecule has 0 atom stereocenters. The first kappa shape index (κ1) is 18.5. The summed E-state index contributed by atoms with van der Waals surface area (Å²) in [7, 11) is -3.24. The zero-order valence-electron chi connectivity index (χ0n) is 13.6. The van der Waals surface area contributed by atoms with Gasteiger partial charge in [0.15, 0.2) is 0 Å². The number of hydrogen-bond acceptors (Lipinski definition) is 4. The van der Waals surface area contributed by atoms with Gasteiger partial charge >= 0.3 is 6.03 Å². The van der Waals surface area contributed by atoms with E-state index >= 15 is 0 Å². The van der Waals surface area contributed by atoms with Crippen molar-refractivity contribution in [3.05, 3.63) is 30.1 Å². The lowest BCUT2D eigenvalue weighted by Crippen LogP contribution is -2.49. The van der Waals surface area contributed by atoms with E-state index in [9.17, 15) is 17.6 Å². The SMILES string of the molecule is CS(=O)(=O)NCCNC(=O)NC1CCN(c2ccc(F)cc2)CC1. The number of nitrogens with one attached hydrogen (secondary N) is 3. The summed E-state index contributed by atoms with van der Waals surface area (Å²) in [6.45, 7) is 1.96. The number of benzene rings is 1. The molecule has 1 aromatic carbocycles. The number of sulfonamides is 1. The average Bonchev–Trinajstić information content (AvgIpc) is 2.52. The Bertz CT molecular complexity index is 643. The number of nitrogens with zero attached hydrogens (tertiary/aromatic N) is 1. The van der Waals surface area contributed by atoms with Crippen molar-refractivity contribution in [1.82, 2.24) is 15.4 Å². The van der Waals surface area contributed by atoms with Crippen molar-refractivity contribution < 1.29 is 17.6 Å². The van der Waals surface area contributed by atoms with Crippen molar-refractivity contribution in [2.45, 2.75) is 18.9 Å². The Balaban J connectivity index is 1.67. The second-order valence-corrected chi connectivity index (χ2v) is 7.64. The summed E-state index contributed by atoms with van der Waals surface area (Å²) in [5, 5.41) is 5.50. The largest absolute Gasteiger partial charge is 0.371 e. The summed E-state index contributed by atoms with van der Waals surface area (Å²) in [6.07, 6.45) is 2.67. The topological polar surface area (TPSA) is 90.5 Å². The van der Waals surface area contributed by atoms with Gasteiger partial charge in [-0.1, -0.05) is 0 Å². The molecule has 0 unspecified atom stereocenters. The van der Waals surface area contributed by atoms with Crippen LogP contribution < -0.4 is 20.3 Å². The molecule has 0 saturated carbocycles. The Morgan fingerprint density at radius 2 is 1.83 bits per heavy atom. The van der Waals surface area contributed by atoms with Crippen LogP contribution in [0.1, 0.15) is 12.8 Å². The molecular formula is C15H23FN4O3S. The van der Waals surface area contributed by atoms with Crippen LogP contribution in [-0.2, 0) is 10.0 Å². The number of halogens is 1. The second kappa shape index (κ2) is 8.29. The van der Waals surface area contributed by atoms with Gasteiger partial charge in [0.25, 0.3) is 0 Å². The Kier molecular flexibility index (Phi) is 6.38. The molecule has 134 valence electrons. The van der Waals surface area contributed by atoms with Crippen LogP contribution in [-0.4, -0.2) is 52.9 Å². The molecule has 3 N–H and O–H groups in total. The van der Waals surface area contributed by atoms with E-state index in [2.05, 4.69) is 20.3 Å². The minimum Gasteiger partial charge on any atom is -0.371 e. The molecule has 24 heavy (non-hydrogen) atoms. The van der Waals surface area contributed by atoms with E-state index in [0.29, 0.717) is 0 Å². The van der Waals surface area contributed by atoms with Crippen LogP contribution in [0.4, 0.5) is 14.9 Å². The van der Waals surface area contributed by atoms with Crippen molar-refractivity contribution in [1.29, 1.82) is 0 Å². The quantitative estimate of drug-likeness (QED) is 0.651. The zero-order valence-corrected chi connectivity index (χ0v) is 14.4. The fourth-order valence-corrected chi connectivity index (χ4v) is 3.06. The minimum atomic E-state index is -3.24. The molecule has 1 aliphatic rings. The van der Waals surface area contributed by atoms with Crippen LogP contribution >= 0.6 is 0 Å². The van der Waals surface area contributed by atoms with Gasteiger partial charge in [-0.15, -0.1) is 0 Å². The fraction of sp³-hybridized carbons (Fsp3) is 0.533. The molecule has 2 rings (SSSR count). The summed E-state index contributed by atoms with van der Waals surface area (Å²) in [5.74, 6) is -0.252. The highest BCUT2D eigenvalue weighted by molar-refractivity contribution is 7.88. The minimum absolute atomic E-state index is 0.0737. The monoisotopic (exact) mass is 358 g/mol. The van der Waals surface area contributed by atoms with Crippen LogP contribution in [0.5, 0.6) is 0 Å². The van der Waals surface area contributed by atoms with Gasteiger partial charge in [-0.25, -0.2) is 22.3 Å². The predicted molar refractivity (Wildman–Crippen MR) is 91.0 cm³/mol. The summed E-state index contributed by atoms with van der Waals surface area (Å²) in [6, 6.07) is 6.17. The molecule has 0 radical (unpaired) electrons. The molecule has 0 aromatic heterocycles. The molecule has 0 spiro atoms. The lowest BCUT2D eigenvalue weighted by atomic mass is 10.0. The zero-order chi connectivity index (χ0) is 17.6. The van der Waals surface area contributed by atoms with E-state index < -0.39 is 10.0 Å². The number of hydrogen-bond donors (Lipinski definition) is 3. The Morgan fingerprint density at radius 3 is 2.42 bits per heavy atom. The first-order valence-electron chi connectivity index (χ1n) is 7.83. The van der Waals surface area contributed by atoms with Crippen LogP contribution in [0.2, 0.25) is 0 Å². The van der Waals surface area contributed by atoms with Crippen molar-refractivity contribution >= 4 is 21.7 Å². The Morgan fingerprint density at radius 1 is 1.21 bits per heavy atom. The number of carbonyl (C=O) groups excluding carboxylic acids is 1. The highest BCUT2D eigenvalue weighted by atomic mass is 32.2. The number of urea groups is 1. The van der Waals surface area contributed by atoms with Gasteiger partial charge in [0.2, 0.25) is 10.0 Å². The number of rotatable bonds is 6. The molecule has 7 nitrogen and oxygen atoms in total. The molecule has 1 aromatic rings. The molecule has 9 heteroatoms. The maximum atomic E-state index is 12.9. The maximum absolute atomic E-state index is 12.9. The van der Waals surface area contributed by atoms with Crippen molar-refractivity contribution in [2.75, 3.05) is 37.3 Å². The third-order valence-corrected chi connectivity index (χ3v) is 4.53. The third-order valence-electron chi connectivity index (χ3n) is 3.80. The first-order valence-corrected chi connectivity index (χ1v) is 9.72. The van der Waals surface area contributed by atoms with Gasteiger partial charge in [0.05, 0.1) is 6.26 Å². The Labute approximate surface area is 141 Å². The molecule has 1 heterocycles. The van der Waals surface area contributed by atoms with Crippen LogP contribution in [0, 0.1) is 5.82 Å². The summed E-state index contributed by atoms with van der Waals surface area (Å²) < 4.78 is 37.0. The number of piperidine rings is 1. The Hall–Kier alpha value is -1.87. The van der Waals surface area contributed by atoms with E-state index in [1.54, 1.807) is 12.1 Å². The lowest BCUT2D eigenvalue weighted by Gasteiger charge is -2.34. The van der Waals surface area contributed by atoms with Crippen molar-refractivity contribution in [3.63, 3.8) is 0 Å². The van der Waals surface area contributed by atoms with E-state index in [0.717, 1.165) is 37.9 Å².